The Kier molecular flexibility index (Phi) is 9.57. The minimum atomic E-state index is -0.637. The van der Waals surface area contributed by atoms with Crippen molar-refractivity contribution in [1.29, 1.82) is 0 Å². The SMILES string of the molecule is CCCOC(=O)c1cc(NC(=O)CN2C(=O)S/C(=C/c3cccc(OCc4ccccc4F)c3)C2=O)ccc1Cl. The smallest absolute Gasteiger partial charge is 0.339 e. The van der Waals surface area contributed by atoms with E-state index in [4.69, 9.17) is 21.1 Å². The highest BCUT2D eigenvalue weighted by Gasteiger charge is 2.36. The van der Waals surface area contributed by atoms with Crippen molar-refractivity contribution in [1.82, 2.24) is 4.90 Å². The van der Waals surface area contributed by atoms with Gasteiger partial charge in [-0.2, -0.15) is 0 Å². The van der Waals surface area contributed by atoms with Gasteiger partial charge in [0.25, 0.3) is 11.1 Å². The molecular formula is C29H24ClFN2O6S. The van der Waals surface area contributed by atoms with Crippen LogP contribution in [0.4, 0.5) is 14.9 Å². The quantitative estimate of drug-likeness (QED) is 0.221. The molecule has 1 fully saturated rings. The number of esters is 1. The number of ether oxygens (including phenoxy) is 2. The summed E-state index contributed by atoms with van der Waals surface area (Å²) >= 11 is 6.79. The molecule has 4 rings (SSSR count). The Bertz CT molecular complexity index is 1490. The van der Waals surface area contributed by atoms with Crippen LogP contribution in [-0.4, -0.2) is 41.1 Å². The highest BCUT2D eigenvalue weighted by Crippen LogP contribution is 2.33. The average Bonchev–Trinajstić information content (AvgIpc) is 3.19. The van der Waals surface area contributed by atoms with E-state index in [-0.39, 0.29) is 40.2 Å². The maximum absolute atomic E-state index is 13.9. The van der Waals surface area contributed by atoms with Crippen LogP contribution >= 0.6 is 23.4 Å². The second-order valence-corrected chi connectivity index (χ2v) is 10.00. The lowest BCUT2D eigenvalue weighted by Crippen LogP contribution is -2.36. The number of imide groups is 1. The van der Waals surface area contributed by atoms with Crippen molar-refractivity contribution in [2.45, 2.75) is 20.0 Å². The van der Waals surface area contributed by atoms with Gasteiger partial charge in [0.2, 0.25) is 5.91 Å². The zero-order chi connectivity index (χ0) is 28.6. The monoisotopic (exact) mass is 582 g/mol. The molecule has 1 saturated heterocycles. The van der Waals surface area contributed by atoms with Gasteiger partial charge < -0.3 is 14.8 Å². The number of nitrogens with one attached hydrogen (secondary N) is 1. The summed E-state index contributed by atoms with van der Waals surface area (Å²) in [5, 5.41) is 2.13. The predicted molar refractivity (Wildman–Crippen MR) is 151 cm³/mol. The lowest BCUT2D eigenvalue weighted by molar-refractivity contribution is -0.127. The number of halogens is 2. The van der Waals surface area contributed by atoms with Crippen LogP contribution in [0.2, 0.25) is 5.02 Å². The number of carbonyl (C=O) groups excluding carboxylic acids is 4. The molecule has 3 aromatic rings. The van der Waals surface area contributed by atoms with Crippen LogP contribution in [0.25, 0.3) is 6.08 Å². The Morgan fingerprint density at radius 1 is 1.07 bits per heavy atom. The molecule has 8 nitrogen and oxygen atoms in total. The van der Waals surface area contributed by atoms with Crippen LogP contribution in [-0.2, 0) is 20.9 Å². The molecule has 0 aliphatic carbocycles. The van der Waals surface area contributed by atoms with Gasteiger partial charge in [-0.1, -0.05) is 48.9 Å². The second-order valence-electron chi connectivity index (χ2n) is 8.60. The molecule has 3 aromatic carbocycles. The molecule has 1 heterocycles. The first kappa shape index (κ1) is 28.8. The molecule has 0 atom stereocenters. The average molecular weight is 583 g/mol. The van der Waals surface area contributed by atoms with Crippen molar-refractivity contribution >= 4 is 58.1 Å². The third-order valence-electron chi connectivity index (χ3n) is 5.59. The molecule has 3 amide bonds. The number of nitrogens with zero attached hydrogens (tertiary/aromatic N) is 1. The lowest BCUT2D eigenvalue weighted by atomic mass is 10.2. The van der Waals surface area contributed by atoms with E-state index < -0.39 is 29.6 Å². The minimum absolute atomic E-state index is 0.0246. The molecule has 1 N–H and O–H groups in total. The first-order valence-corrected chi connectivity index (χ1v) is 13.4. The molecule has 1 aliphatic rings. The molecule has 0 radical (unpaired) electrons. The van der Waals surface area contributed by atoms with E-state index in [0.29, 0.717) is 35.1 Å². The Labute approximate surface area is 239 Å². The van der Waals surface area contributed by atoms with Crippen molar-refractivity contribution < 1.29 is 33.0 Å². The third kappa shape index (κ3) is 7.28. The molecule has 206 valence electrons. The maximum atomic E-state index is 13.9. The van der Waals surface area contributed by atoms with E-state index in [9.17, 15) is 23.6 Å². The molecule has 0 unspecified atom stereocenters. The standard InChI is InChI=1S/C29H24ClFN2O6S/c1-2-12-38-28(36)22-15-20(10-11-23(22)30)32-26(34)16-33-27(35)25(40-29(33)37)14-18-6-5-8-21(13-18)39-17-19-7-3-4-9-24(19)31/h3-11,13-15H,2,12,16-17H2,1H3,(H,32,34)/b25-14+. The van der Waals surface area contributed by atoms with Gasteiger partial charge in [-0.15, -0.1) is 0 Å². The Balaban J connectivity index is 1.39. The zero-order valence-corrected chi connectivity index (χ0v) is 22.9. The molecule has 1 aliphatic heterocycles. The van der Waals surface area contributed by atoms with Gasteiger partial charge in [-0.05, 0) is 66.2 Å². The predicted octanol–water partition coefficient (Wildman–Crippen LogP) is 6.30. The number of thioether (sulfide) groups is 1. The van der Waals surface area contributed by atoms with Crippen molar-refractivity contribution in [3.63, 3.8) is 0 Å². The van der Waals surface area contributed by atoms with Gasteiger partial charge in [0.15, 0.2) is 0 Å². The fourth-order valence-corrected chi connectivity index (χ4v) is 4.67. The van der Waals surface area contributed by atoms with Gasteiger partial charge in [0.05, 0.1) is 22.1 Å². The number of hydrogen-bond donors (Lipinski definition) is 1. The third-order valence-corrected chi connectivity index (χ3v) is 6.83. The first-order valence-electron chi connectivity index (χ1n) is 12.2. The summed E-state index contributed by atoms with van der Waals surface area (Å²) in [4.78, 5) is 51.3. The molecule has 0 spiro atoms. The second kappa shape index (κ2) is 13.3. The Morgan fingerprint density at radius 3 is 2.65 bits per heavy atom. The van der Waals surface area contributed by atoms with Crippen LogP contribution in [0.3, 0.4) is 0 Å². The number of carbonyl (C=O) groups is 4. The summed E-state index contributed by atoms with van der Waals surface area (Å²) in [6.45, 7) is 1.58. The van der Waals surface area contributed by atoms with Crippen molar-refractivity contribution in [2.24, 2.45) is 0 Å². The summed E-state index contributed by atoms with van der Waals surface area (Å²) in [7, 11) is 0. The number of rotatable bonds is 10. The minimum Gasteiger partial charge on any atom is -0.489 e. The molecule has 0 bridgehead atoms. The van der Waals surface area contributed by atoms with Crippen molar-refractivity contribution in [2.75, 3.05) is 18.5 Å². The van der Waals surface area contributed by atoms with E-state index >= 15 is 0 Å². The van der Waals surface area contributed by atoms with E-state index in [1.165, 1.54) is 30.3 Å². The summed E-state index contributed by atoms with van der Waals surface area (Å²) in [5.41, 5.74) is 1.33. The molecule has 11 heteroatoms. The number of amides is 3. The fraction of sp³-hybridized carbons (Fsp3) is 0.172. The molecule has 0 saturated carbocycles. The largest absolute Gasteiger partial charge is 0.489 e. The topological polar surface area (TPSA) is 102 Å². The van der Waals surface area contributed by atoms with Gasteiger partial charge >= 0.3 is 5.97 Å². The lowest BCUT2D eigenvalue weighted by Gasteiger charge is -2.13. The van der Waals surface area contributed by atoms with Crippen molar-refractivity contribution in [3.05, 3.63) is 99.2 Å². The van der Waals surface area contributed by atoms with Crippen LogP contribution in [0, 0.1) is 5.82 Å². The summed E-state index contributed by atoms with van der Waals surface area (Å²) in [6, 6.07) is 17.4. The normalized spacial score (nSPS) is 14.0. The van der Waals surface area contributed by atoms with Gasteiger partial charge in [-0.25, -0.2) is 9.18 Å². The van der Waals surface area contributed by atoms with E-state index in [2.05, 4.69) is 5.32 Å². The number of anilines is 1. The maximum Gasteiger partial charge on any atom is 0.339 e. The number of benzene rings is 3. The Hall–Kier alpha value is -4.15. The van der Waals surface area contributed by atoms with E-state index in [0.717, 1.165) is 4.90 Å². The molecular weight excluding hydrogens is 559 g/mol. The van der Waals surface area contributed by atoms with E-state index in [1.54, 1.807) is 42.5 Å². The van der Waals surface area contributed by atoms with Crippen LogP contribution in [0.5, 0.6) is 5.75 Å². The summed E-state index contributed by atoms with van der Waals surface area (Å²) in [6.07, 6.45) is 2.16. The number of hydrogen-bond acceptors (Lipinski definition) is 7. The van der Waals surface area contributed by atoms with Gasteiger partial charge in [0.1, 0.15) is 24.7 Å². The Morgan fingerprint density at radius 2 is 1.88 bits per heavy atom. The summed E-state index contributed by atoms with van der Waals surface area (Å²) in [5.74, 6) is -1.80. The first-order chi connectivity index (χ1) is 19.2. The molecule has 40 heavy (non-hydrogen) atoms. The summed E-state index contributed by atoms with van der Waals surface area (Å²) < 4.78 is 24.6. The van der Waals surface area contributed by atoms with Crippen LogP contribution in [0.1, 0.15) is 34.8 Å². The highest BCUT2D eigenvalue weighted by atomic mass is 35.5. The van der Waals surface area contributed by atoms with Gasteiger partial charge in [-0.3, -0.25) is 19.3 Å². The van der Waals surface area contributed by atoms with E-state index in [1.807, 2.05) is 6.92 Å². The molecule has 0 aromatic heterocycles. The fourth-order valence-electron chi connectivity index (χ4n) is 3.63. The van der Waals surface area contributed by atoms with Crippen LogP contribution < -0.4 is 10.1 Å². The zero-order valence-electron chi connectivity index (χ0n) is 21.3. The van der Waals surface area contributed by atoms with Crippen molar-refractivity contribution in [3.8, 4) is 5.75 Å². The van der Waals surface area contributed by atoms with Crippen LogP contribution in [0.15, 0.2) is 71.6 Å². The van der Waals surface area contributed by atoms with Gasteiger partial charge in [0, 0.05) is 11.3 Å². The highest BCUT2D eigenvalue weighted by molar-refractivity contribution is 8.18.